The molecule has 0 bridgehead atoms. The molecule has 0 aromatic rings. The van der Waals surface area contributed by atoms with Crippen LogP contribution < -0.4 is 0 Å². The van der Waals surface area contributed by atoms with Gasteiger partial charge in [0.05, 0.1) is 5.60 Å². The molecule has 0 saturated heterocycles. The monoisotopic (exact) mass is 222 g/mol. The van der Waals surface area contributed by atoms with E-state index in [0.717, 1.165) is 0 Å². The van der Waals surface area contributed by atoms with Crippen molar-refractivity contribution in [3.63, 3.8) is 0 Å². The van der Waals surface area contributed by atoms with Gasteiger partial charge in [-0.25, -0.2) is 0 Å². The Morgan fingerprint density at radius 2 is 1.93 bits per heavy atom. The van der Waals surface area contributed by atoms with E-state index in [1.54, 1.807) is 0 Å². The van der Waals surface area contributed by atoms with Crippen LogP contribution in [-0.2, 0) is 4.43 Å². The second-order valence-electron chi connectivity index (χ2n) is 4.79. The molecule has 0 spiro atoms. The zero-order chi connectivity index (χ0) is 11.9. The number of terminal acetylenes is 1. The Hall–Kier alpha value is -0.783. The van der Waals surface area contributed by atoms with E-state index in [9.17, 15) is 0 Å². The lowest BCUT2D eigenvalue weighted by molar-refractivity contribution is 0.138. The fourth-order valence-electron chi connectivity index (χ4n) is 1.40. The first-order valence-electron chi connectivity index (χ1n) is 5.27. The van der Waals surface area contributed by atoms with Crippen molar-refractivity contribution >= 4 is 8.32 Å². The summed E-state index contributed by atoms with van der Waals surface area (Å²) in [4.78, 5) is 0. The molecule has 0 aliphatic heterocycles. The highest BCUT2D eigenvalue weighted by Gasteiger charge is 2.28. The number of allylic oxidation sites excluding steroid dienone is 3. The van der Waals surface area contributed by atoms with Crippen LogP contribution in [-0.4, -0.2) is 13.9 Å². The molecule has 0 N–H and O–H groups in total. The largest absolute Gasteiger partial charge is 0.408 e. The van der Waals surface area contributed by atoms with Crippen LogP contribution >= 0.6 is 0 Å². The van der Waals surface area contributed by atoms with Gasteiger partial charge in [-0.3, -0.25) is 0 Å². The Morgan fingerprint density at radius 1 is 1.33 bits per heavy atom. The lowest BCUT2D eigenvalue weighted by atomic mass is 10.0. The number of rotatable bonds is 5. The minimum atomic E-state index is -1.56. The molecule has 0 radical (unpaired) electrons. The van der Waals surface area contributed by atoms with Crippen LogP contribution in [0.15, 0.2) is 24.3 Å². The zero-order valence-corrected chi connectivity index (χ0v) is 11.5. The lowest BCUT2D eigenvalue weighted by Gasteiger charge is -2.32. The van der Waals surface area contributed by atoms with E-state index in [1.807, 2.05) is 38.2 Å². The predicted molar refractivity (Wildman–Crippen MR) is 70.2 cm³/mol. The van der Waals surface area contributed by atoms with Crippen molar-refractivity contribution in [3.05, 3.63) is 24.3 Å². The summed E-state index contributed by atoms with van der Waals surface area (Å²) in [7, 11) is -1.56. The highest BCUT2D eigenvalue weighted by molar-refractivity contribution is 6.69. The Labute approximate surface area is 95.4 Å². The normalized spacial score (nSPS) is 16.8. The maximum atomic E-state index is 6.09. The number of hydrogen-bond acceptors (Lipinski definition) is 1. The molecule has 0 unspecified atom stereocenters. The Bertz CT molecular complexity index is 278. The molecule has 0 amide bonds. The van der Waals surface area contributed by atoms with Crippen LogP contribution in [0, 0.1) is 12.3 Å². The summed E-state index contributed by atoms with van der Waals surface area (Å²) >= 11 is 0. The fraction of sp³-hybridized carbons (Fsp3) is 0.538. The Morgan fingerprint density at radius 3 is 2.33 bits per heavy atom. The van der Waals surface area contributed by atoms with E-state index >= 15 is 0 Å². The zero-order valence-electron chi connectivity index (χ0n) is 10.5. The van der Waals surface area contributed by atoms with Gasteiger partial charge in [0.25, 0.3) is 0 Å². The third-order valence-electron chi connectivity index (χ3n) is 1.74. The highest BCUT2D eigenvalue weighted by Crippen LogP contribution is 2.22. The molecule has 1 nitrogen and oxygen atoms in total. The molecule has 2 heteroatoms. The summed E-state index contributed by atoms with van der Waals surface area (Å²) in [6.07, 6.45) is 14.0. The third-order valence-corrected chi connectivity index (χ3v) is 2.82. The SMILES string of the molecule is C#CC[C@@](C)(/C=C/C=C/C)O[Si](C)(C)C. The molecule has 0 heterocycles. The van der Waals surface area contributed by atoms with Crippen molar-refractivity contribution in [2.75, 3.05) is 0 Å². The van der Waals surface area contributed by atoms with Gasteiger partial charge in [-0.2, -0.15) is 0 Å². The van der Waals surface area contributed by atoms with Gasteiger partial charge in [0, 0.05) is 6.42 Å². The van der Waals surface area contributed by atoms with Crippen LogP contribution in [0.1, 0.15) is 20.3 Å². The van der Waals surface area contributed by atoms with E-state index in [2.05, 4.69) is 25.6 Å². The minimum Gasteiger partial charge on any atom is -0.408 e. The van der Waals surface area contributed by atoms with Gasteiger partial charge in [0.2, 0.25) is 0 Å². The summed E-state index contributed by atoms with van der Waals surface area (Å²) in [6.45, 7) is 10.6. The van der Waals surface area contributed by atoms with Crippen molar-refractivity contribution in [1.29, 1.82) is 0 Å². The maximum Gasteiger partial charge on any atom is 0.184 e. The van der Waals surface area contributed by atoms with Gasteiger partial charge in [-0.15, -0.1) is 12.3 Å². The quantitative estimate of drug-likeness (QED) is 0.391. The first-order valence-corrected chi connectivity index (χ1v) is 8.68. The molecular weight excluding hydrogens is 200 g/mol. The molecule has 84 valence electrons. The molecule has 0 saturated carbocycles. The Balaban J connectivity index is 4.67. The molecule has 0 aliphatic carbocycles. The van der Waals surface area contributed by atoms with E-state index in [4.69, 9.17) is 10.8 Å². The van der Waals surface area contributed by atoms with Gasteiger partial charge in [-0.05, 0) is 33.5 Å². The average molecular weight is 222 g/mol. The van der Waals surface area contributed by atoms with Crippen LogP contribution in [0.4, 0.5) is 0 Å². The molecule has 15 heavy (non-hydrogen) atoms. The first kappa shape index (κ1) is 14.2. The van der Waals surface area contributed by atoms with Crippen molar-refractivity contribution in [2.45, 2.75) is 45.5 Å². The summed E-state index contributed by atoms with van der Waals surface area (Å²) in [5, 5.41) is 0. The standard InChI is InChI=1S/C13H22OSi/c1-7-9-10-12-13(3,11-8-2)14-15(4,5)6/h2,7,9-10,12H,11H2,1,3-6H3/b9-7+,12-10+/t13-/m0/s1. The molecular formula is C13H22OSi. The second kappa shape index (κ2) is 5.94. The summed E-state index contributed by atoms with van der Waals surface area (Å²) in [6, 6.07) is 0. The molecule has 0 rings (SSSR count). The minimum absolute atomic E-state index is 0.321. The van der Waals surface area contributed by atoms with E-state index in [0.29, 0.717) is 6.42 Å². The topological polar surface area (TPSA) is 9.23 Å². The smallest absolute Gasteiger partial charge is 0.184 e. The molecule has 0 fully saturated rings. The molecule has 0 aliphatic rings. The van der Waals surface area contributed by atoms with E-state index < -0.39 is 8.32 Å². The third kappa shape index (κ3) is 7.18. The van der Waals surface area contributed by atoms with Crippen LogP contribution in [0.2, 0.25) is 19.6 Å². The lowest BCUT2D eigenvalue weighted by Crippen LogP contribution is -2.39. The van der Waals surface area contributed by atoms with Gasteiger partial charge in [0.15, 0.2) is 8.32 Å². The van der Waals surface area contributed by atoms with E-state index in [1.165, 1.54) is 0 Å². The summed E-state index contributed by atoms with van der Waals surface area (Å²) in [5.41, 5.74) is -0.321. The van der Waals surface area contributed by atoms with Gasteiger partial charge in [0.1, 0.15) is 0 Å². The van der Waals surface area contributed by atoms with Crippen LogP contribution in [0.5, 0.6) is 0 Å². The van der Waals surface area contributed by atoms with Gasteiger partial charge < -0.3 is 4.43 Å². The van der Waals surface area contributed by atoms with Crippen molar-refractivity contribution in [3.8, 4) is 12.3 Å². The highest BCUT2D eigenvalue weighted by atomic mass is 28.4. The van der Waals surface area contributed by atoms with E-state index in [-0.39, 0.29) is 5.60 Å². The van der Waals surface area contributed by atoms with Crippen LogP contribution in [0.25, 0.3) is 0 Å². The van der Waals surface area contributed by atoms with Crippen LogP contribution in [0.3, 0.4) is 0 Å². The molecule has 1 atom stereocenters. The second-order valence-corrected chi connectivity index (χ2v) is 9.22. The maximum absolute atomic E-state index is 6.09. The van der Waals surface area contributed by atoms with Gasteiger partial charge in [-0.1, -0.05) is 24.3 Å². The van der Waals surface area contributed by atoms with Crippen molar-refractivity contribution < 1.29 is 4.43 Å². The van der Waals surface area contributed by atoms with Crippen molar-refractivity contribution in [1.82, 2.24) is 0 Å². The average Bonchev–Trinajstić information content (AvgIpc) is 2.01. The fourth-order valence-corrected chi connectivity index (χ4v) is 2.94. The summed E-state index contributed by atoms with van der Waals surface area (Å²) < 4.78 is 6.09. The molecule has 0 aromatic heterocycles. The van der Waals surface area contributed by atoms with Gasteiger partial charge >= 0.3 is 0 Å². The van der Waals surface area contributed by atoms with Crippen molar-refractivity contribution in [2.24, 2.45) is 0 Å². The molecule has 0 aromatic carbocycles. The first-order chi connectivity index (χ1) is 6.83. The predicted octanol–water partition coefficient (Wildman–Crippen LogP) is 3.75. The number of hydrogen-bond donors (Lipinski definition) is 0. The summed E-state index contributed by atoms with van der Waals surface area (Å²) in [5.74, 6) is 2.68. The Kier molecular flexibility index (Phi) is 5.63.